The van der Waals surface area contributed by atoms with Crippen molar-refractivity contribution in [2.24, 2.45) is 5.92 Å². The molecule has 182 valence electrons. The molecule has 0 bridgehead atoms. The summed E-state index contributed by atoms with van der Waals surface area (Å²) in [6.07, 6.45) is 1.91. The van der Waals surface area contributed by atoms with Crippen LogP contribution in [-0.2, 0) is 9.59 Å². The molecule has 5 nitrogen and oxygen atoms in total. The molecule has 36 heavy (non-hydrogen) atoms. The second-order valence-corrected chi connectivity index (χ2v) is 11.4. The van der Waals surface area contributed by atoms with Crippen LogP contribution in [0.3, 0.4) is 0 Å². The summed E-state index contributed by atoms with van der Waals surface area (Å²) in [4.78, 5) is 32.4. The minimum absolute atomic E-state index is 0.0676. The molecule has 1 atom stereocenters. The van der Waals surface area contributed by atoms with Gasteiger partial charge in [-0.2, -0.15) is 0 Å². The van der Waals surface area contributed by atoms with E-state index in [2.05, 4.69) is 41.8 Å². The molecular formula is C29H27N3O2S2. The Kier molecular flexibility index (Phi) is 7.20. The molecule has 1 unspecified atom stereocenters. The number of anilines is 2. The number of nitrogens with one attached hydrogen (secondary N) is 2. The molecule has 1 aliphatic carbocycles. The maximum atomic E-state index is 13.5. The highest BCUT2D eigenvalue weighted by Crippen LogP contribution is 2.39. The van der Waals surface area contributed by atoms with Crippen molar-refractivity contribution in [2.45, 2.75) is 36.8 Å². The van der Waals surface area contributed by atoms with Crippen LogP contribution in [0.15, 0.2) is 83.8 Å². The van der Waals surface area contributed by atoms with E-state index >= 15 is 0 Å². The van der Waals surface area contributed by atoms with Gasteiger partial charge in [0.25, 0.3) is 0 Å². The van der Waals surface area contributed by atoms with E-state index < -0.39 is 5.25 Å². The highest BCUT2D eigenvalue weighted by atomic mass is 32.2. The smallest absolute Gasteiger partial charge is 0.244 e. The van der Waals surface area contributed by atoms with Crippen molar-refractivity contribution >= 4 is 45.7 Å². The zero-order valence-electron chi connectivity index (χ0n) is 20.2. The maximum absolute atomic E-state index is 13.5. The van der Waals surface area contributed by atoms with Crippen molar-refractivity contribution in [3.8, 4) is 11.3 Å². The number of aromatic nitrogens is 1. The predicted molar refractivity (Wildman–Crippen MR) is 148 cm³/mol. The molecule has 1 fully saturated rings. The maximum Gasteiger partial charge on any atom is 0.244 e. The van der Waals surface area contributed by atoms with Crippen LogP contribution in [0.2, 0.25) is 0 Å². The highest BCUT2D eigenvalue weighted by Gasteiger charge is 2.29. The Morgan fingerprint density at radius 3 is 2.42 bits per heavy atom. The van der Waals surface area contributed by atoms with E-state index in [-0.39, 0.29) is 17.7 Å². The second-order valence-electron chi connectivity index (χ2n) is 8.98. The third kappa shape index (κ3) is 5.86. The Morgan fingerprint density at radius 2 is 1.69 bits per heavy atom. The monoisotopic (exact) mass is 513 g/mol. The number of nitrogens with zero attached hydrogens (tertiary/aromatic N) is 1. The lowest BCUT2D eigenvalue weighted by Gasteiger charge is -2.17. The van der Waals surface area contributed by atoms with Crippen LogP contribution in [0.4, 0.5) is 10.8 Å². The van der Waals surface area contributed by atoms with Crippen LogP contribution >= 0.6 is 23.1 Å². The number of hydrogen-bond donors (Lipinski definition) is 2. The van der Waals surface area contributed by atoms with Gasteiger partial charge in [-0.25, -0.2) is 4.98 Å². The number of amides is 2. The molecule has 0 saturated heterocycles. The third-order valence-corrected chi connectivity index (χ3v) is 8.13. The van der Waals surface area contributed by atoms with Gasteiger partial charge in [-0.3, -0.25) is 9.59 Å². The van der Waals surface area contributed by atoms with Gasteiger partial charge in [-0.1, -0.05) is 66.2 Å². The van der Waals surface area contributed by atoms with Gasteiger partial charge in [0.05, 0.1) is 5.69 Å². The van der Waals surface area contributed by atoms with Gasteiger partial charge in [-0.15, -0.1) is 23.1 Å². The summed E-state index contributed by atoms with van der Waals surface area (Å²) in [6, 6.07) is 25.6. The fourth-order valence-corrected chi connectivity index (χ4v) is 5.80. The van der Waals surface area contributed by atoms with Crippen molar-refractivity contribution < 1.29 is 9.59 Å². The molecule has 1 heterocycles. The first-order chi connectivity index (χ1) is 17.5. The molecule has 2 amide bonds. The van der Waals surface area contributed by atoms with E-state index in [0.29, 0.717) is 5.13 Å². The topological polar surface area (TPSA) is 71.1 Å². The quantitative estimate of drug-likeness (QED) is 0.244. The van der Waals surface area contributed by atoms with Gasteiger partial charge in [-0.05, 0) is 50.5 Å². The van der Waals surface area contributed by atoms with E-state index in [4.69, 9.17) is 4.98 Å². The number of carbonyl (C=O) groups is 2. The number of rotatable bonds is 8. The van der Waals surface area contributed by atoms with Gasteiger partial charge in [0.1, 0.15) is 5.25 Å². The first kappa shape index (κ1) is 24.3. The summed E-state index contributed by atoms with van der Waals surface area (Å²) in [7, 11) is 0. The number of aryl methyl sites for hydroxylation is 2. The zero-order chi connectivity index (χ0) is 25.1. The van der Waals surface area contributed by atoms with Gasteiger partial charge < -0.3 is 10.6 Å². The van der Waals surface area contributed by atoms with Gasteiger partial charge >= 0.3 is 0 Å². The molecule has 3 aromatic carbocycles. The van der Waals surface area contributed by atoms with Gasteiger partial charge in [0.15, 0.2) is 5.13 Å². The Hall–Kier alpha value is -3.42. The lowest BCUT2D eigenvalue weighted by Crippen LogP contribution is -2.19. The number of thiazole rings is 1. The molecular weight excluding hydrogens is 486 g/mol. The highest BCUT2D eigenvalue weighted by molar-refractivity contribution is 8.00. The van der Waals surface area contributed by atoms with Crippen molar-refractivity contribution in [2.75, 3.05) is 10.6 Å². The molecule has 4 aromatic rings. The predicted octanol–water partition coefficient (Wildman–Crippen LogP) is 7.25. The zero-order valence-corrected chi connectivity index (χ0v) is 21.8. The minimum Gasteiger partial charge on any atom is -0.326 e. The Bertz CT molecular complexity index is 1380. The lowest BCUT2D eigenvalue weighted by molar-refractivity contribution is -0.117. The molecule has 1 aromatic heterocycles. The number of thioether (sulfide) groups is 1. The molecule has 0 radical (unpaired) electrons. The fraction of sp³-hybridized carbons (Fsp3) is 0.207. The summed E-state index contributed by atoms with van der Waals surface area (Å²) in [5.41, 5.74) is 4.77. The van der Waals surface area contributed by atoms with Gasteiger partial charge in [0.2, 0.25) is 11.8 Å². The summed E-state index contributed by atoms with van der Waals surface area (Å²) >= 11 is 2.94. The number of hydrogen-bond acceptors (Lipinski definition) is 5. The van der Waals surface area contributed by atoms with Crippen LogP contribution in [0.5, 0.6) is 0 Å². The lowest BCUT2D eigenvalue weighted by atomic mass is 10.1. The van der Waals surface area contributed by atoms with Crippen molar-refractivity contribution in [1.82, 2.24) is 4.98 Å². The first-order valence-electron chi connectivity index (χ1n) is 11.9. The SMILES string of the molecule is Cc1ccc(-c2nc(NC(=O)C(Sc3cccc(NC(=O)C4CC4)c3)c3ccccc3)sc2C)cc1. The first-order valence-corrected chi connectivity index (χ1v) is 13.6. The number of benzene rings is 3. The standard InChI is InChI=1S/C29H27N3O2S2/c1-18-11-13-20(14-12-18)25-19(2)35-29(31-25)32-28(34)26(21-7-4-3-5-8-21)36-24-10-6-9-23(17-24)30-27(33)22-15-16-22/h3-14,17,22,26H,15-16H2,1-2H3,(H,30,33)(H,31,32,34). The van der Waals surface area contributed by atoms with Crippen LogP contribution in [0, 0.1) is 19.8 Å². The third-order valence-electron chi connectivity index (χ3n) is 6.00. The summed E-state index contributed by atoms with van der Waals surface area (Å²) in [5, 5.41) is 6.15. The molecule has 7 heteroatoms. The van der Waals surface area contributed by atoms with Crippen LogP contribution in [0.1, 0.15) is 34.1 Å². The fourth-order valence-electron chi connectivity index (χ4n) is 3.87. The van der Waals surface area contributed by atoms with Gasteiger partial charge in [0, 0.05) is 26.9 Å². The molecule has 0 spiro atoms. The van der Waals surface area contributed by atoms with E-state index in [9.17, 15) is 9.59 Å². The molecule has 1 saturated carbocycles. The minimum atomic E-state index is -0.479. The van der Waals surface area contributed by atoms with Crippen molar-refractivity contribution in [3.05, 3.63) is 94.9 Å². The Morgan fingerprint density at radius 1 is 0.944 bits per heavy atom. The molecule has 0 aliphatic heterocycles. The van der Waals surface area contributed by atoms with Crippen molar-refractivity contribution in [3.63, 3.8) is 0 Å². The Balaban J connectivity index is 1.36. The average Bonchev–Trinajstić information content (AvgIpc) is 3.67. The molecule has 1 aliphatic rings. The van der Waals surface area contributed by atoms with Crippen molar-refractivity contribution in [1.29, 1.82) is 0 Å². The second kappa shape index (κ2) is 10.7. The van der Waals surface area contributed by atoms with E-state index in [1.165, 1.54) is 28.7 Å². The normalized spacial score (nSPS) is 13.7. The molecule has 5 rings (SSSR count). The van der Waals surface area contributed by atoms with E-state index in [1.807, 2.05) is 61.5 Å². The average molecular weight is 514 g/mol. The van der Waals surface area contributed by atoms with Crippen LogP contribution in [0.25, 0.3) is 11.3 Å². The number of carbonyl (C=O) groups excluding carboxylic acids is 2. The Labute approximate surface area is 219 Å². The van der Waals surface area contributed by atoms with E-state index in [0.717, 1.165) is 45.1 Å². The summed E-state index contributed by atoms with van der Waals surface area (Å²) < 4.78 is 0. The molecule has 2 N–H and O–H groups in total. The van der Waals surface area contributed by atoms with E-state index in [1.54, 1.807) is 0 Å². The summed E-state index contributed by atoms with van der Waals surface area (Å²) in [5.74, 6) is 0.0663. The summed E-state index contributed by atoms with van der Waals surface area (Å²) in [6.45, 7) is 4.08. The van der Waals surface area contributed by atoms with Crippen LogP contribution < -0.4 is 10.6 Å². The largest absolute Gasteiger partial charge is 0.326 e. The van der Waals surface area contributed by atoms with Crippen LogP contribution in [-0.4, -0.2) is 16.8 Å².